The molecule has 2 aromatic carbocycles. The van der Waals surface area contributed by atoms with Gasteiger partial charge in [-0.05, 0) is 68.4 Å². The highest BCUT2D eigenvalue weighted by Crippen LogP contribution is 2.25. The maximum absolute atomic E-state index is 12.4. The first-order chi connectivity index (χ1) is 14.1. The SMILES string of the molecule is Cc1ccc(-c2nnc(CCC(=O)NC(C)c3ccc4c(c3)CCCC4)o2)cc1. The molecule has 1 aliphatic carbocycles. The second-order valence-electron chi connectivity index (χ2n) is 7.89. The van der Waals surface area contributed by atoms with Crippen LogP contribution in [0.1, 0.15) is 60.4 Å². The highest BCUT2D eigenvalue weighted by atomic mass is 16.4. The number of aryl methyl sites for hydroxylation is 4. The summed E-state index contributed by atoms with van der Waals surface area (Å²) >= 11 is 0. The van der Waals surface area contributed by atoms with Crippen LogP contribution in [-0.4, -0.2) is 16.1 Å². The first-order valence-corrected chi connectivity index (χ1v) is 10.4. The summed E-state index contributed by atoms with van der Waals surface area (Å²) in [5, 5.41) is 11.3. The maximum Gasteiger partial charge on any atom is 0.247 e. The van der Waals surface area contributed by atoms with Gasteiger partial charge in [0.1, 0.15) is 0 Å². The number of carbonyl (C=O) groups is 1. The van der Waals surface area contributed by atoms with E-state index in [4.69, 9.17) is 4.42 Å². The van der Waals surface area contributed by atoms with Gasteiger partial charge in [-0.15, -0.1) is 10.2 Å². The number of hydrogen-bond acceptors (Lipinski definition) is 4. The lowest BCUT2D eigenvalue weighted by atomic mass is 9.89. The molecular weight excluding hydrogens is 362 g/mol. The molecule has 1 N–H and O–H groups in total. The van der Waals surface area contributed by atoms with Crippen LogP contribution >= 0.6 is 0 Å². The second-order valence-corrected chi connectivity index (χ2v) is 7.89. The second kappa shape index (κ2) is 8.60. The third-order valence-corrected chi connectivity index (χ3v) is 5.58. The number of aromatic nitrogens is 2. The zero-order valence-electron chi connectivity index (χ0n) is 17.1. The number of carbonyl (C=O) groups excluding carboxylic acids is 1. The van der Waals surface area contributed by atoms with E-state index in [1.807, 2.05) is 38.1 Å². The van der Waals surface area contributed by atoms with Crippen LogP contribution in [-0.2, 0) is 24.1 Å². The summed E-state index contributed by atoms with van der Waals surface area (Å²) in [6, 6.07) is 14.5. The van der Waals surface area contributed by atoms with E-state index in [0.717, 1.165) is 12.0 Å². The van der Waals surface area contributed by atoms with E-state index in [9.17, 15) is 4.79 Å². The number of amides is 1. The summed E-state index contributed by atoms with van der Waals surface area (Å²) in [6.45, 7) is 4.07. The van der Waals surface area contributed by atoms with Gasteiger partial charge in [-0.3, -0.25) is 4.79 Å². The molecule has 0 aliphatic heterocycles. The maximum atomic E-state index is 12.4. The Labute approximate surface area is 171 Å². The van der Waals surface area contributed by atoms with Crippen LogP contribution in [0.15, 0.2) is 46.9 Å². The van der Waals surface area contributed by atoms with E-state index in [0.29, 0.717) is 24.6 Å². The molecule has 0 spiro atoms. The van der Waals surface area contributed by atoms with Gasteiger partial charge < -0.3 is 9.73 Å². The Hall–Kier alpha value is -2.95. The first-order valence-electron chi connectivity index (χ1n) is 10.4. The lowest BCUT2D eigenvalue weighted by Gasteiger charge is -2.20. The van der Waals surface area contributed by atoms with Crippen molar-refractivity contribution in [3.8, 4) is 11.5 Å². The minimum absolute atomic E-state index is 0.00898. The molecule has 1 heterocycles. The molecule has 1 amide bonds. The molecule has 0 fully saturated rings. The smallest absolute Gasteiger partial charge is 0.247 e. The zero-order chi connectivity index (χ0) is 20.2. The average molecular weight is 389 g/mol. The molecule has 1 atom stereocenters. The van der Waals surface area contributed by atoms with Crippen molar-refractivity contribution in [3.05, 3.63) is 70.6 Å². The van der Waals surface area contributed by atoms with E-state index < -0.39 is 0 Å². The number of benzene rings is 2. The minimum Gasteiger partial charge on any atom is -0.421 e. The fourth-order valence-corrected chi connectivity index (χ4v) is 3.81. The van der Waals surface area contributed by atoms with Crippen LogP contribution < -0.4 is 5.32 Å². The Morgan fingerprint density at radius 2 is 1.83 bits per heavy atom. The molecule has 3 aromatic rings. The summed E-state index contributed by atoms with van der Waals surface area (Å²) < 4.78 is 5.71. The fourth-order valence-electron chi connectivity index (χ4n) is 3.81. The molecule has 0 saturated carbocycles. The molecule has 1 aromatic heterocycles. The van der Waals surface area contributed by atoms with E-state index in [2.05, 4.69) is 33.7 Å². The number of nitrogens with zero attached hydrogens (tertiary/aromatic N) is 2. The molecule has 5 nitrogen and oxygen atoms in total. The van der Waals surface area contributed by atoms with Gasteiger partial charge in [-0.2, -0.15) is 0 Å². The number of rotatable bonds is 6. The molecule has 150 valence electrons. The summed E-state index contributed by atoms with van der Waals surface area (Å²) in [4.78, 5) is 12.4. The van der Waals surface area contributed by atoms with Gasteiger partial charge in [0.25, 0.3) is 0 Å². The van der Waals surface area contributed by atoms with Crippen LogP contribution in [0.5, 0.6) is 0 Å². The largest absolute Gasteiger partial charge is 0.421 e. The van der Waals surface area contributed by atoms with Gasteiger partial charge >= 0.3 is 0 Å². The third kappa shape index (κ3) is 4.73. The Kier molecular flexibility index (Phi) is 5.74. The van der Waals surface area contributed by atoms with Crippen LogP contribution in [0.3, 0.4) is 0 Å². The Bertz CT molecular complexity index is 992. The first kappa shape index (κ1) is 19.4. The predicted molar refractivity (Wildman–Crippen MR) is 112 cm³/mol. The van der Waals surface area contributed by atoms with Crippen molar-refractivity contribution in [1.29, 1.82) is 0 Å². The van der Waals surface area contributed by atoms with E-state index in [1.54, 1.807) is 0 Å². The molecule has 0 saturated heterocycles. The zero-order valence-corrected chi connectivity index (χ0v) is 17.1. The molecule has 0 bridgehead atoms. The van der Waals surface area contributed by atoms with Crippen LogP contribution in [0.2, 0.25) is 0 Å². The van der Waals surface area contributed by atoms with Crippen molar-refractivity contribution in [2.75, 3.05) is 0 Å². The lowest BCUT2D eigenvalue weighted by molar-refractivity contribution is -0.121. The predicted octanol–water partition coefficient (Wildman–Crippen LogP) is 4.73. The number of fused-ring (bicyclic) bond motifs is 1. The van der Waals surface area contributed by atoms with Gasteiger partial charge in [0.05, 0.1) is 6.04 Å². The molecule has 1 aliphatic rings. The fraction of sp³-hybridized carbons (Fsp3) is 0.375. The van der Waals surface area contributed by atoms with Crippen molar-refractivity contribution in [1.82, 2.24) is 15.5 Å². The van der Waals surface area contributed by atoms with E-state index >= 15 is 0 Å². The summed E-state index contributed by atoms with van der Waals surface area (Å²) in [5.74, 6) is 0.963. The van der Waals surface area contributed by atoms with Crippen LogP contribution in [0.4, 0.5) is 0 Å². The van der Waals surface area contributed by atoms with Gasteiger partial charge in [0, 0.05) is 18.4 Å². The number of hydrogen-bond donors (Lipinski definition) is 1. The van der Waals surface area contributed by atoms with Crippen LogP contribution in [0.25, 0.3) is 11.5 Å². The third-order valence-electron chi connectivity index (χ3n) is 5.58. The highest BCUT2D eigenvalue weighted by Gasteiger charge is 2.15. The molecule has 29 heavy (non-hydrogen) atoms. The van der Waals surface area contributed by atoms with Gasteiger partial charge in [0.15, 0.2) is 0 Å². The van der Waals surface area contributed by atoms with Crippen molar-refractivity contribution < 1.29 is 9.21 Å². The van der Waals surface area contributed by atoms with Crippen molar-refractivity contribution in [2.45, 2.75) is 58.4 Å². The highest BCUT2D eigenvalue weighted by molar-refractivity contribution is 5.76. The molecular formula is C24H27N3O2. The quantitative estimate of drug-likeness (QED) is 0.661. The molecule has 5 heteroatoms. The monoisotopic (exact) mass is 389 g/mol. The van der Waals surface area contributed by atoms with Gasteiger partial charge in [-0.1, -0.05) is 35.9 Å². The Morgan fingerprint density at radius 1 is 1.07 bits per heavy atom. The van der Waals surface area contributed by atoms with Crippen molar-refractivity contribution in [2.24, 2.45) is 0 Å². The minimum atomic E-state index is -0.0134. The molecule has 4 rings (SSSR count). The molecule has 0 radical (unpaired) electrons. The summed E-state index contributed by atoms with van der Waals surface area (Å²) in [7, 11) is 0. The van der Waals surface area contributed by atoms with Gasteiger partial charge in [0.2, 0.25) is 17.7 Å². The average Bonchev–Trinajstić information content (AvgIpc) is 3.21. The standard InChI is InChI=1S/C24H27N3O2/c1-16-7-9-19(10-8-16)24-27-26-23(29-24)14-13-22(28)25-17(2)20-12-11-18-5-3-4-6-21(18)15-20/h7-12,15,17H,3-6,13-14H2,1-2H3,(H,25,28). The Morgan fingerprint density at radius 3 is 2.62 bits per heavy atom. The van der Waals surface area contributed by atoms with E-state index in [1.165, 1.54) is 41.5 Å². The summed E-state index contributed by atoms with van der Waals surface area (Å²) in [6.07, 6.45) is 5.60. The normalized spacial score (nSPS) is 14.3. The van der Waals surface area contributed by atoms with E-state index in [-0.39, 0.29) is 11.9 Å². The van der Waals surface area contributed by atoms with Gasteiger partial charge in [-0.25, -0.2) is 0 Å². The van der Waals surface area contributed by atoms with Crippen molar-refractivity contribution >= 4 is 5.91 Å². The van der Waals surface area contributed by atoms with Crippen molar-refractivity contribution in [3.63, 3.8) is 0 Å². The summed E-state index contributed by atoms with van der Waals surface area (Å²) in [5.41, 5.74) is 6.13. The van der Waals surface area contributed by atoms with Crippen LogP contribution in [0, 0.1) is 6.92 Å². The topological polar surface area (TPSA) is 68.0 Å². The lowest BCUT2D eigenvalue weighted by Crippen LogP contribution is -2.27. The molecule has 1 unspecified atom stereocenters. The Balaban J connectivity index is 1.31. The number of nitrogens with one attached hydrogen (secondary N) is 1.